The molecule has 2 N–H and O–H groups in total. The lowest BCUT2D eigenvalue weighted by molar-refractivity contribution is -0.139. The maximum Gasteiger partial charge on any atom is 0.326 e. The second-order valence-electron chi connectivity index (χ2n) is 10.00. The lowest BCUT2D eigenvalue weighted by atomic mass is 9.99. The molecule has 0 aliphatic carbocycles. The fraction of sp³-hybridized carbons (Fsp3) is 0.517. The van der Waals surface area contributed by atoms with E-state index in [9.17, 15) is 14.7 Å². The number of amides is 1. The van der Waals surface area contributed by atoms with E-state index in [0.717, 1.165) is 56.6 Å². The molecule has 0 saturated carbocycles. The Bertz CT molecular complexity index is 988. The highest BCUT2D eigenvalue weighted by Crippen LogP contribution is 2.25. The lowest BCUT2D eigenvalue weighted by Crippen LogP contribution is -2.41. The van der Waals surface area contributed by atoms with Crippen molar-refractivity contribution >= 4 is 11.9 Å². The van der Waals surface area contributed by atoms with Gasteiger partial charge in [0, 0.05) is 18.5 Å². The molecule has 0 fully saturated rings. The third-order valence-corrected chi connectivity index (χ3v) is 6.34. The summed E-state index contributed by atoms with van der Waals surface area (Å²) >= 11 is 0. The minimum absolute atomic E-state index is 0.162. The van der Waals surface area contributed by atoms with E-state index in [2.05, 4.69) is 41.4 Å². The Morgan fingerprint density at radius 2 is 1.89 bits per heavy atom. The summed E-state index contributed by atoms with van der Waals surface area (Å²) in [5, 5.41) is 12.2. The molecular formula is C29H40N2O4. The van der Waals surface area contributed by atoms with Crippen LogP contribution in [-0.2, 0) is 17.8 Å². The summed E-state index contributed by atoms with van der Waals surface area (Å²) in [5.41, 5.74) is 3.85. The van der Waals surface area contributed by atoms with Crippen molar-refractivity contribution in [1.29, 1.82) is 0 Å². The van der Waals surface area contributed by atoms with E-state index in [1.807, 2.05) is 26.0 Å². The molecule has 1 atom stereocenters. The number of hydrogen-bond donors (Lipinski definition) is 2. The number of carbonyl (C=O) groups is 2. The second kappa shape index (κ2) is 13.3. The number of nitrogens with zero attached hydrogens (tertiary/aromatic N) is 1. The molecule has 1 amide bonds. The van der Waals surface area contributed by atoms with Crippen molar-refractivity contribution in [2.24, 2.45) is 5.92 Å². The highest BCUT2D eigenvalue weighted by Gasteiger charge is 2.22. The number of carbonyl (C=O) groups excluding carboxylic acids is 1. The van der Waals surface area contributed by atoms with Crippen molar-refractivity contribution < 1.29 is 19.4 Å². The number of hydrogen-bond acceptors (Lipinski definition) is 4. The SMILES string of the molecule is CCCN1CCCCCOc2ccc(C(=O)NC(CC(C)C)C(=O)O)cc2Cc2cccc(c2)C1. The maximum absolute atomic E-state index is 12.9. The first kappa shape index (κ1) is 26.7. The first-order chi connectivity index (χ1) is 16.9. The van der Waals surface area contributed by atoms with Crippen LogP contribution in [-0.4, -0.2) is 47.6 Å². The van der Waals surface area contributed by atoms with Crippen molar-refractivity contribution in [2.45, 2.75) is 71.9 Å². The van der Waals surface area contributed by atoms with E-state index in [0.29, 0.717) is 25.0 Å². The number of carboxylic acids is 1. The van der Waals surface area contributed by atoms with E-state index < -0.39 is 12.0 Å². The Kier molecular flexibility index (Phi) is 10.2. The van der Waals surface area contributed by atoms with Gasteiger partial charge < -0.3 is 15.2 Å². The Morgan fingerprint density at radius 1 is 1.09 bits per heavy atom. The van der Waals surface area contributed by atoms with Crippen LogP contribution >= 0.6 is 0 Å². The highest BCUT2D eigenvalue weighted by atomic mass is 16.5. The van der Waals surface area contributed by atoms with Gasteiger partial charge in [0.1, 0.15) is 11.8 Å². The fourth-order valence-corrected chi connectivity index (χ4v) is 4.63. The van der Waals surface area contributed by atoms with Crippen LogP contribution in [0.3, 0.4) is 0 Å². The van der Waals surface area contributed by atoms with Gasteiger partial charge in [0.25, 0.3) is 5.91 Å². The summed E-state index contributed by atoms with van der Waals surface area (Å²) in [7, 11) is 0. The van der Waals surface area contributed by atoms with Gasteiger partial charge in [-0.05, 0) is 86.0 Å². The van der Waals surface area contributed by atoms with Gasteiger partial charge >= 0.3 is 5.97 Å². The third kappa shape index (κ3) is 8.39. The van der Waals surface area contributed by atoms with Gasteiger partial charge in [-0.2, -0.15) is 0 Å². The van der Waals surface area contributed by atoms with E-state index >= 15 is 0 Å². The normalized spacial score (nSPS) is 16.0. The monoisotopic (exact) mass is 480 g/mol. The summed E-state index contributed by atoms with van der Waals surface area (Å²) in [6, 6.07) is 13.1. The number of benzene rings is 2. The maximum atomic E-state index is 12.9. The molecule has 1 heterocycles. The van der Waals surface area contributed by atoms with Crippen LogP contribution in [0.2, 0.25) is 0 Å². The molecule has 6 nitrogen and oxygen atoms in total. The standard InChI is InChI=1S/C29H40N2O4/c1-4-13-31-14-6-5-7-15-35-27-12-11-24(28(32)30-26(29(33)34)16-21(2)3)19-25(27)18-22-9-8-10-23(17-22)20-31/h8-12,17,19,21,26H,4-7,13-16,18,20H2,1-3H3,(H,30,32)(H,33,34). The number of aliphatic carboxylic acids is 1. The summed E-state index contributed by atoms with van der Waals surface area (Å²) in [5.74, 6) is -0.435. The molecule has 1 unspecified atom stereocenters. The number of nitrogens with one attached hydrogen (secondary N) is 1. The van der Waals surface area contributed by atoms with Crippen molar-refractivity contribution in [3.63, 3.8) is 0 Å². The Hall–Kier alpha value is -2.86. The van der Waals surface area contributed by atoms with Gasteiger partial charge in [-0.3, -0.25) is 9.69 Å². The predicted molar refractivity (Wildman–Crippen MR) is 139 cm³/mol. The molecule has 190 valence electrons. The molecule has 1 aliphatic heterocycles. The van der Waals surface area contributed by atoms with Crippen LogP contribution in [0.5, 0.6) is 5.75 Å². The second-order valence-corrected chi connectivity index (χ2v) is 10.00. The molecule has 2 bridgehead atoms. The van der Waals surface area contributed by atoms with Gasteiger partial charge in [-0.1, -0.05) is 45.0 Å². The molecule has 6 heteroatoms. The molecule has 0 aromatic heterocycles. The van der Waals surface area contributed by atoms with Gasteiger partial charge in [-0.15, -0.1) is 0 Å². The van der Waals surface area contributed by atoms with Crippen LogP contribution < -0.4 is 10.1 Å². The van der Waals surface area contributed by atoms with Gasteiger partial charge in [-0.25, -0.2) is 4.79 Å². The van der Waals surface area contributed by atoms with Crippen molar-refractivity contribution in [3.8, 4) is 5.75 Å². The molecule has 2 aromatic rings. The van der Waals surface area contributed by atoms with E-state index in [1.54, 1.807) is 6.07 Å². The number of fused-ring (bicyclic) bond motifs is 3. The first-order valence-electron chi connectivity index (χ1n) is 12.9. The molecular weight excluding hydrogens is 440 g/mol. The molecule has 2 aromatic carbocycles. The van der Waals surface area contributed by atoms with E-state index in [1.165, 1.54) is 11.1 Å². The Balaban J connectivity index is 1.86. The van der Waals surface area contributed by atoms with Crippen molar-refractivity contribution in [3.05, 3.63) is 64.7 Å². The fourth-order valence-electron chi connectivity index (χ4n) is 4.63. The molecule has 1 aliphatic rings. The largest absolute Gasteiger partial charge is 0.493 e. The van der Waals surface area contributed by atoms with Crippen molar-refractivity contribution in [1.82, 2.24) is 10.2 Å². The molecule has 0 saturated heterocycles. The van der Waals surface area contributed by atoms with Crippen LogP contribution in [0.4, 0.5) is 0 Å². The summed E-state index contributed by atoms with van der Waals surface area (Å²) in [6.45, 7) is 9.89. The summed E-state index contributed by atoms with van der Waals surface area (Å²) in [4.78, 5) is 27.1. The zero-order valence-electron chi connectivity index (χ0n) is 21.4. The van der Waals surface area contributed by atoms with Crippen LogP contribution in [0.25, 0.3) is 0 Å². The van der Waals surface area contributed by atoms with Crippen LogP contribution in [0.15, 0.2) is 42.5 Å². The lowest BCUT2D eigenvalue weighted by Gasteiger charge is -2.23. The van der Waals surface area contributed by atoms with Gasteiger partial charge in [0.2, 0.25) is 0 Å². The highest BCUT2D eigenvalue weighted by molar-refractivity contribution is 5.97. The average molecular weight is 481 g/mol. The number of ether oxygens (including phenoxy) is 1. The van der Waals surface area contributed by atoms with Gasteiger partial charge in [0.15, 0.2) is 0 Å². The predicted octanol–water partition coefficient (Wildman–Crippen LogP) is 5.28. The van der Waals surface area contributed by atoms with E-state index in [4.69, 9.17) is 4.74 Å². The summed E-state index contributed by atoms with van der Waals surface area (Å²) < 4.78 is 6.15. The minimum atomic E-state index is -1.01. The van der Waals surface area contributed by atoms with E-state index in [-0.39, 0.29) is 11.8 Å². The molecule has 35 heavy (non-hydrogen) atoms. The smallest absolute Gasteiger partial charge is 0.326 e. The zero-order chi connectivity index (χ0) is 25.2. The van der Waals surface area contributed by atoms with Crippen molar-refractivity contribution in [2.75, 3.05) is 19.7 Å². The topological polar surface area (TPSA) is 78.9 Å². The number of rotatable bonds is 7. The quantitative estimate of drug-likeness (QED) is 0.564. The zero-order valence-corrected chi connectivity index (χ0v) is 21.4. The average Bonchev–Trinajstić information content (AvgIpc) is 2.81. The molecule has 0 spiro atoms. The van der Waals surface area contributed by atoms with Crippen LogP contribution in [0, 0.1) is 5.92 Å². The minimum Gasteiger partial charge on any atom is -0.493 e. The summed E-state index contributed by atoms with van der Waals surface area (Å²) in [6.07, 6.45) is 5.42. The Morgan fingerprint density at radius 3 is 2.63 bits per heavy atom. The Labute approximate surface area is 209 Å². The molecule has 3 rings (SSSR count). The van der Waals surface area contributed by atoms with Gasteiger partial charge in [0.05, 0.1) is 6.61 Å². The first-order valence-corrected chi connectivity index (χ1v) is 12.9. The third-order valence-electron chi connectivity index (χ3n) is 6.34. The molecule has 0 radical (unpaired) electrons. The number of carboxylic acid groups (broad SMARTS) is 1. The van der Waals surface area contributed by atoms with Crippen LogP contribution in [0.1, 0.15) is 79.9 Å².